The Morgan fingerprint density at radius 3 is 2.13 bits per heavy atom. The summed E-state index contributed by atoms with van der Waals surface area (Å²) in [5, 5.41) is 19.1. The van der Waals surface area contributed by atoms with Gasteiger partial charge >= 0.3 is 5.97 Å². The maximum Gasteiger partial charge on any atom is 0.303 e. The Kier molecular flexibility index (Phi) is 11.3. The van der Waals surface area contributed by atoms with E-state index in [9.17, 15) is 10.1 Å². The number of hydrogen-bond acceptors (Lipinski definition) is 2. The topological polar surface area (TPSA) is 61.1 Å². The highest BCUT2D eigenvalue weighted by atomic mass is 16.4. The fraction of sp³-hybridized carbons (Fsp3) is 0.926. The molecule has 172 valence electrons. The van der Waals surface area contributed by atoms with Crippen molar-refractivity contribution < 1.29 is 9.90 Å². The number of nitriles is 1. The van der Waals surface area contributed by atoms with E-state index in [1.54, 1.807) is 0 Å². The molecule has 0 saturated heterocycles. The number of hydrogen-bond donors (Lipinski definition) is 1. The van der Waals surface area contributed by atoms with Gasteiger partial charge in [-0.25, -0.2) is 0 Å². The molecule has 1 unspecified atom stereocenters. The molecule has 0 heterocycles. The molecule has 0 spiro atoms. The van der Waals surface area contributed by atoms with E-state index < -0.39 is 5.97 Å². The van der Waals surface area contributed by atoms with E-state index in [-0.39, 0.29) is 17.8 Å². The second kappa shape index (κ2) is 13.4. The summed E-state index contributed by atoms with van der Waals surface area (Å²) in [6.45, 7) is 4.41. The second-order valence-electron chi connectivity index (χ2n) is 10.5. The highest BCUT2D eigenvalue weighted by molar-refractivity contribution is 5.66. The van der Waals surface area contributed by atoms with Gasteiger partial charge in [-0.15, -0.1) is 0 Å². The first kappa shape index (κ1) is 25.2. The van der Waals surface area contributed by atoms with Gasteiger partial charge in [-0.2, -0.15) is 5.26 Å². The van der Waals surface area contributed by atoms with E-state index in [1.807, 2.05) is 0 Å². The van der Waals surface area contributed by atoms with Gasteiger partial charge in [0.05, 0.1) is 11.5 Å². The molecule has 3 nitrogen and oxygen atoms in total. The van der Waals surface area contributed by atoms with E-state index >= 15 is 0 Å². The Bertz CT molecular complexity index is 521. The Hall–Kier alpha value is -1.04. The third kappa shape index (κ3) is 7.58. The van der Waals surface area contributed by atoms with Gasteiger partial charge in [0, 0.05) is 6.42 Å². The number of unbranched alkanes of at least 4 members (excludes halogenated alkanes) is 5. The molecule has 2 aliphatic carbocycles. The molecule has 30 heavy (non-hydrogen) atoms. The first-order chi connectivity index (χ1) is 14.5. The lowest BCUT2D eigenvalue weighted by atomic mass is 9.59. The minimum absolute atomic E-state index is 0.202. The summed E-state index contributed by atoms with van der Waals surface area (Å²) in [6, 6.07) is 2.67. The highest BCUT2D eigenvalue weighted by Crippen LogP contribution is 2.50. The van der Waals surface area contributed by atoms with E-state index in [4.69, 9.17) is 5.11 Å². The van der Waals surface area contributed by atoms with Gasteiger partial charge in [0.1, 0.15) is 0 Å². The molecule has 1 N–H and O–H groups in total. The molecule has 0 aliphatic heterocycles. The minimum atomic E-state index is -0.729. The molecule has 0 bridgehead atoms. The average Bonchev–Trinajstić information content (AvgIpc) is 2.77. The number of carbonyl (C=O) groups is 1. The smallest absolute Gasteiger partial charge is 0.303 e. The number of carboxylic acid groups (broad SMARTS) is 1. The van der Waals surface area contributed by atoms with Gasteiger partial charge in [-0.05, 0) is 68.6 Å². The molecule has 0 amide bonds. The Balaban J connectivity index is 1.71. The molecule has 0 aromatic heterocycles. The number of carboxylic acids is 1. The standard InChI is InChI=1S/C27H47NO2/c1-3-5-6-7-8-9-10-22-11-13-23(14-12-22)24-17-19-27(21-28,20-18-24)25(4-2)15-16-26(29)30/h22-25H,3-20H2,1-2H3,(H,29,30). The van der Waals surface area contributed by atoms with E-state index in [2.05, 4.69) is 19.9 Å². The van der Waals surface area contributed by atoms with Gasteiger partial charge < -0.3 is 5.11 Å². The number of rotatable bonds is 13. The summed E-state index contributed by atoms with van der Waals surface area (Å²) in [7, 11) is 0. The molecule has 2 rings (SSSR count). The van der Waals surface area contributed by atoms with Crippen LogP contribution < -0.4 is 0 Å². The molecule has 2 aliphatic rings. The van der Waals surface area contributed by atoms with Crippen LogP contribution in [0.25, 0.3) is 0 Å². The first-order valence-corrected chi connectivity index (χ1v) is 13.2. The Morgan fingerprint density at radius 2 is 1.57 bits per heavy atom. The lowest BCUT2D eigenvalue weighted by Gasteiger charge is -2.44. The molecule has 2 saturated carbocycles. The van der Waals surface area contributed by atoms with Crippen LogP contribution in [0.4, 0.5) is 0 Å². The summed E-state index contributed by atoms with van der Waals surface area (Å²) in [6.07, 6.45) is 21.7. The zero-order chi connectivity index (χ0) is 21.8. The third-order valence-corrected chi connectivity index (χ3v) is 8.65. The maximum absolute atomic E-state index is 11.0. The first-order valence-electron chi connectivity index (χ1n) is 13.2. The predicted octanol–water partition coefficient (Wildman–Crippen LogP) is 8.13. The average molecular weight is 418 g/mol. The molecule has 1 atom stereocenters. The van der Waals surface area contributed by atoms with Crippen LogP contribution in [0.1, 0.15) is 129 Å². The summed E-state index contributed by atoms with van der Waals surface area (Å²) >= 11 is 0. The van der Waals surface area contributed by atoms with Crippen LogP contribution in [0.15, 0.2) is 0 Å². The minimum Gasteiger partial charge on any atom is -0.481 e. The second-order valence-corrected chi connectivity index (χ2v) is 10.5. The van der Waals surface area contributed by atoms with Crippen molar-refractivity contribution in [2.75, 3.05) is 0 Å². The maximum atomic E-state index is 11.0. The summed E-state index contributed by atoms with van der Waals surface area (Å²) in [5.74, 6) is 2.16. The summed E-state index contributed by atoms with van der Waals surface area (Å²) < 4.78 is 0. The summed E-state index contributed by atoms with van der Waals surface area (Å²) in [5.41, 5.74) is -0.268. The van der Waals surface area contributed by atoms with Gasteiger partial charge in [0.25, 0.3) is 0 Å². The van der Waals surface area contributed by atoms with E-state index in [0.717, 1.165) is 37.0 Å². The number of nitrogens with zero attached hydrogens (tertiary/aromatic N) is 1. The zero-order valence-corrected chi connectivity index (χ0v) is 19.8. The molecular weight excluding hydrogens is 370 g/mol. The van der Waals surface area contributed by atoms with E-state index in [1.165, 1.54) is 83.5 Å². The van der Waals surface area contributed by atoms with Crippen LogP contribution in [0.3, 0.4) is 0 Å². The van der Waals surface area contributed by atoms with Crippen molar-refractivity contribution in [1.29, 1.82) is 5.26 Å². The van der Waals surface area contributed by atoms with Crippen LogP contribution in [0.5, 0.6) is 0 Å². The molecule has 0 aromatic rings. The van der Waals surface area contributed by atoms with Crippen molar-refractivity contribution in [1.82, 2.24) is 0 Å². The summed E-state index contributed by atoms with van der Waals surface area (Å²) in [4.78, 5) is 11.0. The zero-order valence-electron chi connectivity index (χ0n) is 19.8. The lowest BCUT2D eigenvalue weighted by molar-refractivity contribution is -0.137. The molecule has 2 fully saturated rings. The quantitative estimate of drug-likeness (QED) is 0.308. The van der Waals surface area contributed by atoms with Crippen molar-refractivity contribution in [3.05, 3.63) is 0 Å². The highest BCUT2D eigenvalue weighted by Gasteiger charge is 2.43. The van der Waals surface area contributed by atoms with Crippen molar-refractivity contribution in [3.8, 4) is 6.07 Å². The van der Waals surface area contributed by atoms with Crippen molar-refractivity contribution in [3.63, 3.8) is 0 Å². The largest absolute Gasteiger partial charge is 0.481 e. The lowest BCUT2D eigenvalue weighted by Crippen LogP contribution is -2.36. The van der Waals surface area contributed by atoms with Crippen LogP contribution in [-0.2, 0) is 4.79 Å². The molecule has 0 radical (unpaired) electrons. The van der Waals surface area contributed by atoms with Crippen LogP contribution in [0, 0.1) is 40.4 Å². The Labute approximate surface area is 186 Å². The van der Waals surface area contributed by atoms with Gasteiger partial charge in [-0.3, -0.25) is 4.79 Å². The van der Waals surface area contributed by atoms with Crippen LogP contribution in [0.2, 0.25) is 0 Å². The molecule has 0 aromatic carbocycles. The predicted molar refractivity (Wildman–Crippen MR) is 124 cm³/mol. The van der Waals surface area contributed by atoms with Crippen molar-refractivity contribution in [2.45, 2.75) is 129 Å². The van der Waals surface area contributed by atoms with Gasteiger partial charge in [0.2, 0.25) is 0 Å². The third-order valence-electron chi connectivity index (χ3n) is 8.65. The monoisotopic (exact) mass is 417 g/mol. The number of aliphatic carboxylic acids is 1. The normalized spacial score (nSPS) is 30.5. The van der Waals surface area contributed by atoms with Crippen molar-refractivity contribution in [2.24, 2.45) is 29.1 Å². The van der Waals surface area contributed by atoms with Gasteiger partial charge in [-0.1, -0.05) is 78.1 Å². The van der Waals surface area contributed by atoms with Gasteiger partial charge in [0.15, 0.2) is 0 Å². The fourth-order valence-electron chi connectivity index (χ4n) is 6.57. The van der Waals surface area contributed by atoms with E-state index in [0.29, 0.717) is 6.42 Å². The van der Waals surface area contributed by atoms with Crippen LogP contribution >= 0.6 is 0 Å². The molecular formula is C27H47NO2. The molecule has 3 heteroatoms. The van der Waals surface area contributed by atoms with Crippen LogP contribution in [-0.4, -0.2) is 11.1 Å². The SMILES string of the molecule is CCCCCCCCC1CCC(C2CCC(C#N)(C(CC)CCC(=O)O)CC2)CC1. The Morgan fingerprint density at radius 1 is 0.967 bits per heavy atom. The van der Waals surface area contributed by atoms with Crippen molar-refractivity contribution >= 4 is 5.97 Å². The fourth-order valence-corrected chi connectivity index (χ4v) is 6.57.